The molecule has 3 N–H and O–H groups in total. The number of anilines is 3. The Morgan fingerprint density at radius 2 is 2.20 bits per heavy atom. The maximum Gasteiger partial charge on any atom is 0.255 e. The molecule has 0 radical (unpaired) electrons. The number of para-hydroxylation sites is 1. The Bertz CT molecular complexity index is 979. The van der Waals surface area contributed by atoms with E-state index in [9.17, 15) is 9.59 Å². The number of benzene rings is 2. The summed E-state index contributed by atoms with van der Waals surface area (Å²) in [6.45, 7) is 3.05. The standard InChI is InChI=1S/C18H17N5O2/c1-2-23-10-16(24)20-14-8-11(6-7-15(14)23)18(25)21-13-5-3-4-12-9-19-22-17(12)13/h3-9H,2,10H2,1H3,(H,19,22)(H,20,24)(H,21,25). The molecule has 0 saturated carbocycles. The van der Waals surface area contributed by atoms with Gasteiger partial charge in [0.2, 0.25) is 5.91 Å². The number of nitrogens with zero attached hydrogens (tertiary/aromatic N) is 2. The highest BCUT2D eigenvalue weighted by Crippen LogP contribution is 2.30. The van der Waals surface area contributed by atoms with Crippen molar-refractivity contribution in [2.24, 2.45) is 0 Å². The van der Waals surface area contributed by atoms with Gasteiger partial charge in [-0.2, -0.15) is 5.10 Å². The fraction of sp³-hybridized carbons (Fsp3) is 0.167. The van der Waals surface area contributed by atoms with Crippen molar-refractivity contribution in [3.63, 3.8) is 0 Å². The fourth-order valence-electron chi connectivity index (χ4n) is 3.05. The van der Waals surface area contributed by atoms with E-state index in [1.54, 1.807) is 18.3 Å². The molecule has 1 aromatic heterocycles. The quantitative estimate of drug-likeness (QED) is 0.686. The third-order valence-electron chi connectivity index (χ3n) is 4.31. The van der Waals surface area contributed by atoms with Crippen molar-refractivity contribution >= 4 is 39.8 Å². The van der Waals surface area contributed by atoms with Crippen LogP contribution in [0.4, 0.5) is 17.1 Å². The lowest BCUT2D eigenvalue weighted by atomic mass is 10.1. The Morgan fingerprint density at radius 3 is 3.04 bits per heavy atom. The average Bonchev–Trinajstić information content (AvgIpc) is 3.10. The van der Waals surface area contributed by atoms with Crippen molar-refractivity contribution in [1.29, 1.82) is 0 Å². The highest BCUT2D eigenvalue weighted by Gasteiger charge is 2.22. The first-order valence-electron chi connectivity index (χ1n) is 8.08. The van der Waals surface area contributed by atoms with Crippen LogP contribution in [0.2, 0.25) is 0 Å². The number of rotatable bonds is 3. The van der Waals surface area contributed by atoms with Gasteiger partial charge in [-0.1, -0.05) is 12.1 Å². The van der Waals surface area contributed by atoms with Gasteiger partial charge < -0.3 is 15.5 Å². The van der Waals surface area contributed by atoms with Gasteiger partial charge in [-0.05, 0) is 31.2 Å². The van der Waals surface area contributed by atoms with Crippen molar-refractivity contribution in [1.82, 2.24) is 10.2 Å². The first-order valence-corrected chi connectivity index (χ1v) is 8.08. The number of hydrogen-bond acceptors (Lipinski definition) is 4. The molecule has 2 heterocycles. The number of carbonyl (C=O) groups excluding carboxylic acids is 2. The van der Waals surface area contributed by atoms with Crippen molar-refractivity contribution in [2.75, 3.05) is 28.6 Å². The zero-order valence-corrected chi connectivity index (χ0v) is 13.7. The first-order chi connectivity index (χ1) is 12.2. The van der Waals surface area contributed by atoms with Gasteiger partial charge in [-0.25, -0.2) is 0 Å². The molecule has 0 unspecified atom stereocenters. The monoisotopic (exact) mass is 335 g/mol. The van der Waals surface area contributed by atoms with E-state index in [0.717, 1.165) is 23.1 Å². The van der Waals surface area contributed by atoms with Gasteiger partial charge in [0.25, 0.3) is 5.91 Å². The molecule has 1 aliphatic rings. The molecule has 4 rings (SSSR count). The summed E-state index contributed by atoms with van der Waals surface area (Å²) < 4.78 is 0. The minimum Gasteiger partial charge on any atom is -0.361 e. The second kappa shape index (κ2) is 5.94. The molecule has 0 atom stereocenters. The molecule has 0 saturated heterocycles. The molecule has 0 bridgehead atoms. The molecule has 3 aromatic rings. The number of carbonyl (C=O) groups is 2. The minimum atomic E-state index is -0.243. The van der Waals surface area contributed by atoms with Gasteiger partial charge in [0, 0.05) is 17.5 Å². The van der Waals surface area contributed by atoms with Gasteiger partial charge >= 0.3 is 0 Å². The average molecular weight is 335 g/mol. The van der Waals surface area contributed by atoms with Gasteiger partial charge in [0.05, 0.1) is 35.3 Å². The highest BCUT2D eigenvalue weighted by atomic mass is 16.2. The molecule has 126 valence electrons. The van der Waals surface area contributed by atoms with Crippen molar-refractivity contribution < 1.29 is 9.59 Å². The molecule has 7 nitrogen and oxygen atoms in total. The van der Waals surface area contributed by atoms with Crippen LogP contribution in [0.1, 0.15) is 17.3 Å². The number of likely N-dealkylation sites (N-methyl/N-ethyl adjacent to an activating group) is 1. The lowest BCUT2D eigenvalue weighted by Crippen LogP contribution is -2.38. The Morgan fingerprint density at radius 1 is 1.32 bits per heavy atom. The van der Waals surface area contributed by atoms with Crippen LogP contribution in [-0.4, -0.2) is 35.1 Å². The maximum atomic E-state index is 12.6. The summed E-state index contributed by atoms with van der Waals surface area (Å²) in [6, 6.07) is 10.9. The van der Waals surface area contributed by atoms with Crippen molar-refractivity contribution in [3.05, 3.63) is 48.2 Å². The zero-order valence-electron chi connectivity index (χ0n) is 13.7. The second-order valence-corrected chi connectivity index (χ2v) is 5.89. The lowest BCUT2D eigenvalue weighted by molar-refractivity contribution is -0.115. The number of H-pyrrole nitrogens is 1. The zero-order chi connectivity index (χ0) is 17.4. The Balaban J connectivity index is 1.64. The van der Waals surface area contributed by atoms with E-state index in [1.807, 2.05) is 36.1 Å². The summed E-state index contributed by atoms with van der Waals surface area (Å²) in [6.07, 6.45) is 1.71. The number of fused-ring (bicyclic) bond motifs is 2. The van der Waals surface area contributed by atoms with Crippen LogP contribution in [-0.2, 0) is 4.79 Å². The summed E-state index contributed by atoms with van der Waals surface area (Å²) in [7, 11) is 0. The molecular formula is C18H17N5O2. The van der Waals surface area contributed by atoms with E-state index < -0.39 is 0 Å². The van der Waals surface area contributed by atoms with E-state index >= 15 is 0 Å². The third-order valence-corrected chi connectivity index (χ3v) is 4.31. The fourth-order valence-corrected chi connectivity index (χ4v) is 3.05. The first kappa shape index (κ1) is 15.2. The maximum absolute atomic E-state index is 12.6. The number of aromatic amines is 1. The predicted molar refractivity (Wildman–Crippen MR) is 97.0 cm³/mol. The number of amides is 2. The van der Waals surface area contributed by atoms with Crippen molar-refractivity contribution in [3.8, 4) is 0 Å². The summed E-state index contributed by atoms with van der Waals surface area (Å²) in [5, 5.41) is 13.5. The number of nitrogens with one attached hydrogen (secondary N) is 3. The molecule has 0 aliphatic carbocycles. The van der Waals surface area contributed by atoms with Gasteiger partial charge in [-0.15, -0.1) is 0 Å². The number of hydrogen-bond donors (Lipinski definition) is 3. The van der Waals surface area contributed by atoms with Crippen molar-refractivity contribution in [2.45, 2.75) is 6.92 Å². The Kier molecular flexibility index (Phi) is 3.61. The Labute approximate surface area is 144 Å². The van der Waals surface area contributed by atoms with Gasteiger partial charge in [0.15, 0.2) is 0 Å². The smallest absolute Gasteiger partial charge is 0.255 e. The topological polar surface area (TPSA) is 90.1 Å². The van der Waals surface area contributed by atoms with Crippen LogP contribution in [0.3, 0.4) is 0 Å². The summed E-state index contributed by atoms with van der Waals surface area (Å²) in [5.74, 6) is -0.318. The third kappa shape index (κ3) is 2.69. The largest absolute Gasteiger partial charge is 0.361 e. The molecule has 1 aliphatic heterocycles. The lowest BCUT2D eigenvalue weighted by Gasteiger charge is -2.30. The normalized spacial score (nSPS) is 13.5. The molecule has 7 heteroatoms. The molecule has 25 heavy (non-hydrogen) atoms. The van der Waals surface area contributed by atoms with Crippen LogP contribution in [0, 0.1) is 0 Å². The molecule has 2 amide bonds. The van der Waals surface area contributed by atoms with E-state index in [-0.39, 0.29) is 11.8 Å². The Hall–Kier alpha value is -3.35. The van der Waals surface area contributed by atoms with E-state index in [0.29, 0.717) is 23.5 Å². The molecule has 2 aromatic carbocycles. The van der Waals surface area contributed by atoms with E-state index in [4.69, 9.17) is 0 Å². The van der Waals surface area contributed by atoms with Crippen LogP contribution in [0.25, 0.3) is 10.9 Å². The number of aromatic nitrogens is 2. The van der Waals surface area contributed by atoms with Gasteiger partial charge in [0.1, 0.15) is 0 Å². The highest BCUT2D eigenvalue weighted by molar-refractivity contribution is 6.10. The summed E-state index contributed by atoms with van der Waals surface area (Å²) in [4.78, 5) is 26.4. The van der Waals surface area contributed by atoms with Gasteiger partial charge in [-0.3, -0.25) is 14.7 Å². The van der Waals surface area contributed by atoms with Crippen LogP contribution < -0.4 is 15.5 Å². The van der Waals surface area contributed by atoms with Crippen LogP contribution in [0.5, 0.6) is 0 Å². The predicted octanol–water partition coefficient (Wildman–Crippen LogP) is 2.59. The van der Waals surface area contributed by atoms with Crippen LogP contribution >= 0.6 is 0 Å². The molecule has 0 fully saturated rings. The molecular weight excluding hydrogens is 318 g/mol. The van der Waals surface area contributed by atoms with Crippen LogP contribution in [0.15, 0.2) is 42.6 Å². The summed E-state index contributed by atoms with van der Waals surface area (Å²) >= 11 is 0. The van der Waals surface area contributed by atoms with E-state index in [1.165, 1.54) is 0 Å². The van der Waals surface area contributed by atoms with E-state index in [2.05, 4.69) is 20.8 Å². The SMILES string of the molecule is CCN1CC(=O)Nc2cc(C(=O)Nc3cccc4cn[nH]c34)ccc21. The summed E-state index contributed by atoms with van der Waals surface area (Å²) in [5.41, 5.74) is 3.50. The molecule has 0 spiro atoms. The minimum absolute atomic E-state index is 0.0749. The second-order valence-electron chi connectivity index (χ2n) is 5.89.